The number of carbonyl (C=O) groups is 1. The number of alkyl halides is 3. The number of aryl methyl sites for hydroxylation is 1. The second-order valence-electron chi connectivity index (χ2n) is 6.66. The Bertz CT molecular complexity index is 1060. The van der Waals surface area contributed by atoms with Crippen LogP contribution in [0.3, 0.4) is 0 Å². The van der Waals surface area contributed by atoms with E-state index in [4.69, 9.17) is 0 Å². The molecule has 0 aliphatic heterocycles. The Morgan fingerprint density at radius 2 is 1.72 bits per heavy atom. The molecule has 8 heteroatoms. The van der Waals surface area contributed by atoms with E-state index in [9.17, 15) is 22.8 Å². The number of halogens is 3. The summed E-state index contributed by atoms with van der Waals surface area (Å²) in [6, 6.07) is 12.0. The van der Waals surface area contributed by atoms with Gasteiger partial charge in [-0.05, 0) is 37.1 Å². The Morgan fingerprint density at radius 1 is 1.00 bits per heavy atom. The minimum atomic E-state index is -4.52. The Kier molecular flexibility index (Phi) is 6.31. The number of fused-ring (bicyclic) bond motifs is 1. The zero-order chi connectivity index (χ0) is 20.9. The smallest absolute Gasteiger partial charge is 0.326 e. The van der Waals surface area contributed by atoms with E-state index in [0.717, 1.165) is 6.07 Å². The Labute approximate surface area is 165 Å². The van der Waals surface area contributed by atoms with E-state index in [-0.39, 0.29) is 17.7 Å². The maximum atomic E-state index is 13.0. The first-order valence-corrected chi connectivity index (χ1v) is 9.26. The van der Waals surface area contributed by atoms with Crippen LogP contribution in [-0.2, 0) is 17.5 Å². The molecule has 2 aromatic carbocycles. The van der Waals surface area contributed by atoms with Crippen LogP contribution in [0.15, 0.2) is 59.7 Å². The topological polar surface area (TPSA) is 64.0 Å². The molecule has 5 nitrogen and oxygen atoms in total. The third kappa shape index (κ3) is 5.22. The van der Waals surface area contributed by atoms with Gasteiger partial charge in [0, 0.05) is 13.0 Å². The fourth-order valence-corrected chi connectivity index (χ4v) is 3.06. The molecule has 1 N–H and O–H groups in total. The van der Waals surface area contributed by atoms with Gasteiger partial charge in [0.2, 0.25) is 5.91 Å². The number of hydrogen-bond donors (Lipinski definition) is 1. The van der Waals surface area contributed by atoms with Crippen LogP contribution in [0.4, 0.5) is 18.9 Å². The standard InChI is InChI=1S/C21H20F3N3O2/c22-21(23,24)16-9-4-6-11-18(16)26-19(28)12-2-1-7-13-27-14-25-17-10-5-3-8-15(17)20(27)29/h3-6,8-11,14H,1-2,7,12-13H2,(H,26,28). The highest BCUT2D eigenvalue weighted by atomic mass is 19.4. The van der Waals surface area contributed by atoms with Gasteiger partial charge in [0.15, 0.2) is 0 Å². The minimum Gasteiger partial charge on any atom is -0.326 e. The number of nitrogens with one attached hydrogen (secondary N) is 1. The van der Waals surface area contributed by atoms with Crippen LogP contribution in [0.2, 0.25) is 0 Å². The van der Waals surface area contributed by atoms with E-state index in [1.165, 1.54) is 29.1 Å². The maximum absolute atomic E-state index is 13.0. The van der Waals surface area contributed by atoms with Crippen LogP contribution < -0.4 is 10.9 Å². The molecule has 0 aliphatic carbocycles. The molecule has 1 amide bonds. The van der Waals surface area contributed by atoms with E-state index in [1.54, 1.807) is 18.2 Å². The number of benzene rings is 2. The van der Waals surface area contributed by atoms with Gasteiger partial charge < -0.3 is 5.32 Å². The zero-order valence-corrected chi connectivity index (χ0v) is 15.6. The number of nitrogens with zero attached hydrogens (tertiary/aromatic N) is 2. The second-order valence-corrected chi connectivity index (χ2v) is 6.66. The van der Waals surface area contributed by atoms with Crippen LogP contribution in [0, 0.1) is 0 Å². The molecule has 0 spiro atoms. The molecule has 152 valence electrons. The van der Waals surface area contributed by atoms with Gasteiger partial charge >= 0.3 is 6.18 Å². The van der Waals surface area contributed by atoms with Crippen molar-refractivity contribution in [1.82, 2.24) is 9.55 Å². The molecule has 3 rings (SSSR count). The first-order chi connectivity index (χ1) is 13.9. The van der Waals surface area contributed by atoms with Crippen molar-refractivity contribution >= 4 is 22.5 Å². The number of unbranched alkanes of at least 4 members (excludes halogenated alkanes) is 2. The molecular formula is C21H20F3N3O2. The van der Waals surface area contributed by atoms with E-state index in [1.807, 2.05) is 6.07 Å². The number of rotatable bonds is 7. The van der Waals surface area contributed by atoms with Crippen molar-refractivity contribution in [3.63, 3.8) is 0 Å². The molecule has 1 aromatic heterocycles. The van der Waals surface area contributed by atoms with Crippen molar-refractivity contribution in [2.24, 2.45) is 0 Å². The van der Waals surface area contributed by atoms with E-state index in [2.05, 4.69) is 10.3 Å². The molecule has 0 radical (unpaired) electrons. The Balaban J connectivity index is 1.48. The first-order valence-electron chi connectivity index (χ1n) is 9.26. The molecule has 0 saturated heterocycles. The molecule has 0 atom stereocenters. The van der Waals surface area contributed by atoms with Gasteiger partial charge in [-0.15, -0.1) is 0 Å². The Hall–Kier alpha value is -3.16. The average molecular weight is 403 g/mol. The predicted octanol–water partition coefficient (Wildman–Crippen LogP) is 4.61. The van der Waals surface area contributed by atoms with E-state index in [0.29, 0.717) is 36.7 Å². The molecule has 0 saturated carbocycles. The fraction of sp³-hybridized carbons (Fsp3) is 0.286. The number of aromatic nitrogens is 2. The highest BCUT2D eigenvalue weighted by Crippen LogP contribution is 2.34. The van der Waals surface area contributed by atoms with Crippen molar-refractivity contribution in [2.75, 3.05) is 5.32 Å². The minimum absolute atomic E-state index is 0.108. The van der Waals surface area contributed by atoms with Crippen molar-refractivity contribution in [2.45, 2.75) is 38.4 Å². The van der Waals surface area contributed by atoms with Crippen LogP contribution >= 0.6 is 0 Å². The molecule has 0 bridgehead atoms. The number of amides is 1. The van der Waals surface area contributed by atoms with Gasteiger partial charge in [-0.1, -0.05) is 30.7 Å². The average Bonchev–Trinajstić information content (AvgIpc) is 2.69. The van der Waals surface area contributed by atoms with Crippen molar-refractivity contribution in [3.05, 3.63) is 70.8 Å². The number of hydrogen-bond acceptors (Lipinski definition) is 3. The maximum Gasteiger partial charge on any atom is 0.418 e. The van der Waals surface area contributed by atoms with Gasteiger partial charge in [-0.25, -0.2) is 4.98 Å². The van der Waals surface area contributed by atoms with Crippen molar-refractivity contribution in [3.8, 4) is 0 Å². The first kappa shape index (κ1) is 20.6. The predicted molar refractivity (Wildman–Crippen MR) is 105 cm³/mol. The molecule has 3 aromatic rings. The highest BCUT2D eigenvalue weighted by molar-refractivity contribution is 5.91. The number of carbonyl (C=O) groups excluding carboxylic acids is 1. The van der Waals surface area contributed by atoms with Gasteiger partial charge in [0.1, 0.15) is 0 Å². The van der Waals surface area contributed by atoms with Gasteiger partial charge in [0.25, 0.3) is 5.56 Å². The lowest BCUT2D eigenvalue weighted by atomic mass is 10.1. The Morgan fingerprint density at radius 3 is 2.52 bits per heavy atom. The van der Waals surface area contributed by atoms with Crippen molar-refractivity contribution < 1.29 is 18.0 Å². The summed E-state index contributed by atoms with van der Waals surface area (Å²) >= 11 is 0. The lowest BCUT2D eigenvalue weighted by molar-refractivity contribution is -0.137. The van der Waals surface area contributed by atoms with E-state index < -0.39 is 17.6 Å². The summed E-state index contributed by atoms with van der Waals surface area (Å²) in [7, 11) is 0. The molecular weight excluding hydrogens is 383 g/mol. The van der Waals surface area contributed by atoms with Gasteiger partial charge in [-0.2, -0.15) is 13.2 Å². The lowest BCUT2D eigenvalue weighted by Crippen LogP contribution is -2.20. The summed E-state index contributed by atoms with van der Waals surface area (Å²) in [5.41, 5.74) is -0.572. The third-order valence-electron chi connectivity index (χ3n) is 4.54. The zero-order valence-electron chi connectivity index (χ0n) is 15.6. The summed E-state index contributed by atoms with van der Waals surface area (Å²) in [5.74, 6) is -0.466. The van der Waals surface area contributed by atoms with Gasteiger partial charge in [0.05, 0.1) is 28.5 Å². The molecule has 0 aliphatic rings. The third-order valence-corrected chi connectivity index (χ3v) is 4.54. The van der Waals surface area contributed by atoms with Crippen LogP contribution in [0.1, 0.15) is 31.2 Å². The largest absolute Gasteiger partial charge is 0.418 e. The molecule has 1 heterocycles. The normalized spacial score (nSPS) is 11.6. The lowest BCUT2D eigenvalue weighted by Gasteiger charge is -2.13. The number of anilines is 1. The second kappa shape index (κ2) is 8.89. The molecule has 29 heavy (non-hydrogen) atoms. The van der Waals surface area contributed by atoms with Crippen LogP contribution in [-0.4, -0.2) is 15.5 Å². The quantitative estimate of drug-likeness (QED) is 0.586. The summed E-state index contributed by atoms with van der Waals surface area (Å²) in [5, 5.41) is 2.88. The molecule has 0 unspecified atom stereocenters. The summed E-state index contributed by atoms with van der Waals surface area (Å²) in [4.78, 5) is 28.6. The van der Waals surface area contributed by atoms with Crippen LogP contribution in [0.25, 0.3) is 10.9 Å². The van der Waals surface area contributed by atoms with Gasteiger partial charge in [-0.3, -0.25) is 14.2 Å². The summed E-state index contributed by atoms with van der Waals surface area (Å²) in [6.45, 7) is 0.467. The molecule has 0 fully saturated rings. The highest BCUT2D eigenvalue weighted by Gasteiger charge is 2.33. The monoisotopic (exact) mass is 403 g/mol. The van der Waals surface area contributed by atoms with Crippen LogP contribution in [0.5, 0.6) is 0 Å². The van der Waals surface area contributed by atoms with E-state index >= 15 is 0 Å². The fourth-order valence-electron chi connectivity index (χ4n) is 3.06. The summed E-state index contributed by atoms with van der Waals surface area (Å²) in [6.07, 6.45) is -1.08. The SMILES string of the molecule is O=C(CCCCCn1cnc2ccccc2c1=O)Nc1ccccc1C(F)(F)F. The van der Waals surface area contributed by atoms with Crippen molar-refractivity contribution in [1.29, 1.82) is 0 Å². The number of para-hydroxylation sites is 2. The summed E-state index contributed by atoms with van der Waals surface area (Å²) < 4.78 is 40.4.